The van der Waals surface area contributed by atoms with Crippen LogP contribution in [0.4, 0.5) is 4.39 Å². The minimum atomic E-state index is -1.25. The molecule has 0 spiro atoms. The molecule has 1 aromatic carbocycles. The summed E-state index contributed by atoms with van der Waals surface area (Å²) in [6.07, 6.45) is -0.113. The summed E-state index contributed by atoms with van der Waals surface area (Å²) >= 11 is 0. The molecule has 18 heavy (non-hydrogen) atoms. The zero-order valence-corrected chi connectivity index (χ0v) is 10.8. The third-order valence-electron chi connectivity index (χ3n) is 2.79. The standard InChI is InChI=1S/C14H17FO3/c1-4-18-13(17)14(2,3)12(16)9-10-7-5-6-8-11(10)15/h5-8H,4,9H2,1-3H3. The molecule has 0 aromatic heterocycles. The highest BCUT2D eigenvalue weighted by Gasteiger charge is 2.37. The number of carbonyl (C=O) groups is 2. The Morgan fingerprint density at radius 3 is 2.44 bits per heavy atom. The Labute approximate surface area is 106 Å². The van der Waals surface area contributed by atoms with E-state index in [9.17, 15) is 14.0 Å². The quantitative estimate of drug-likeness (QED) is 0.597. The zero-order valence-electron chi connectivity index (χ0n) is 10.8. The smallest absolute Gasteiger partial charge is 0.319 e. The molecule has 0 unspecified atom stereocenters. The first-order valence-electron chi connectivity index (χ1n) is 5.83. The molecule has 0 fully saturated rings. The van der Waals surface area contributed by atoms with Gasteiger partial charge >= 0.3 is 5.97 Å². The average molecular weight is 252 g/mol. The van der Waals surface area contributed by atoms with Crippen LogP contribution in [0, 0.1) is 11.2 Å². The summed E-state index contributed by atoms with van der Waals surface area (Å²) < 4.78 is 18.3. The lowest BCUT2D eigenvalue weighted by Gasteiger charge is -2.20. The molecule has 0 aliphatic carbocycles. The summed E-state index contributed by atoms with van der Waals surface area (Å²) in [5.74, 6) is -1.37. The van der Waals surface area contributed by atoms with Crippen LogP contribution in [0.3, 0.4) is 0 Å². The molecule has 0 saturated carbocycles. The number of benzene rings is 1. The third kappa shape index (κ3) is 3.15. The number of Topliss-reactive ketones (excluding diaryl/α,β-unsaturated/α-hetero) is 1. The Kier molecular flexibility index (Phi) is 4.59. The van der Waals surface area contributed by atoms with E-state index in [4.69, 9.17) is 4.74 Å². The van der Waals surface area contributed by atoms with Crippen LogP contribution in [0.1, 0.15) is 26.3 Å². The van der Waals surface area contributed by atoms with E-state index in [1.807, 2.05) is 0 Å². The van der Waals surface area contributed by atoms with E-state index in [0.29, 0.717) is 5.56 Å². The molecule has 0 amide bonds. The zero-order chi connectivity index (χ0) is 13.8. The van der Waals surface area contributed by atoms with Gasteiger partial charge in [0.25, 0.3) is 0 Å². The van der Waals surface area contributed by atoms with Crippen molar-refractivity contribution in [2.24, 2.45) is 5.41 Å². The molecule has 98 valence electrons. The second-order valence-electron chi connectivity index (χ2n) is 4.54. The SMILES string of the molecule is CCOC(=O)C(C)(C)C(=O)Cc1ccccc1F. The molecule has 4 heteroatoms. The molecule has 1 aromatic rings. The molecule has 0 radical (unpaired) electrons. The maximum Gasteiger partial charge on any atom is 0.319 e. The third-order valence-corrected chi connectivity index (χ3v) is 2.79. The van der Waals surface area contributed by atoms with Gasteiger partial charge in [0.05, 0.1) is 6.61 Å². The highest BCUT2D eigenvalue weighted by Crippen LogP contribution is 2.22. The van der Waals surface area contributed by atoms with Crippen molar-refractivity contribution in [2.45, 2.75) is 27.2 Å². The summed E-state index contributed by atoms with van der Waals surface area (Å²) in [6.45, 7) is 4.88. The monoisotopic (exact) mass is 252 g/mol. The molecule has 3 nitrogen and oxygen atoms in total. The summed E-state index contributed by atoms with van der Waals surface area (Å²) in [6, 6.07) is 6.04. The van der Waals surface area contributed by atoms with Gasteiger partial charge in [-0.25, -0.2) is 4.39 Å². The van der Waals surface area contributed by atoms with Gasteiger partial charge in [0.2, 0.25) is 0 Å². The molecule has 0 bridgehead atoms. The second-order valence-corrected chi connectivity index (χ2v) is 4.54. The Morgan fingerprint density at radius 2 is 1.89 bits per heavy atom. The first-order chi connectivity index (χ1) is 8.39. The molecule has 0 saturated heterocycles. The van der Waals surface area contributed by atoms with Crippen molar-refractivity contribution in [1.82, 2.24) is 0 Å². The van der Waals surface area contributed by atoms with Gasteiger partial charge in [-0.15, -0.1) is 0 Å². The first kappa shape index (κ1) is 14.4. The van der Waals surface area contributed by atoms with E-state index in [-0.39, 0.29) is 18.8 Å². The van der Waals surface area contributed by atoms with E-state index in [1.54, 1.807) is 19.1 Å². The number of rotatable bonds is 5. The number of esters is 1. The number of hydrogen-bond donors (Lipinski definition) is 0. The highest BCUT2D eigenvalue weighted by atomic mass is 19.1. The fourth-order valence-electron chi connectivity index (χ4n) is 1.46. The van der Waals surface area contributed by atoms with Crippen LogP contribution in [0.15, 0.2) is 24.3 Å². The van der Waals surface area contributed by atoms with Crippen molar-refractivity contribution in [3.8, 4) is 0 Å². The van der Waals surface area contributed by atoms with Gasteiger partial charge < -0.3 is 4.74 Å². The van der Waals surface area contributed by atoms with E-state index >= 15 is 0 Å². The highest BCUT2D eigenvalue weighted by molar-refractivity contribution is 6.03. The average Bonchev–Trinajstić information content (AvgIpc) is 2.32. The van der Waals surface area contributed by atoms with Crippen molar-refractivity contribution in [1.29, 1.82) is 0 Å². The predicted octanol–water partition coefficient (Wildman–Crippen LogP) is 2.53. The van der Waals surface area contributed by atoms with Gasteiger partial charge in [0.1, 0.15) is 11.2 Å². The first-order valence-corrected chi connectivity index (χ1v) is 5.83. The van der Waals surface area contributed by atoms with Crippen molar-refractivity contribution < 1.29 is 18.7 Å². The summed E-state index contributed by atoms with van der Waals surface area (Å²) in [5.41, 5.74) is -0.960. The van der Waals surface area contributed by atoms with Crippen molar-refractivity contribution in [3.63, 3.8) is 0 Å². The Morgan fingerprint density at radius 1 is 1.28 bits per heavy atom. The largest absolute Gasteiger partial charge is 0.465 e. The van der Waals surface area contributed by atoms with Gasteiger partial charge in [-0.3, -0.25) is 9.59 Å². The van der Waals surface area contributed by atoms with Crippen LogP contribution in [0.2, 0.25) is 0 Å². The molecule has 0 N–H and O–H groups in total. The Bertz CT molecular complexity index is 452. The summed E-state index contributed by atoms with van der Waals surface area (Å²) in [5, 5.41) is 0. The van der Waals surface area contributed by atoms with Crippen LogP contribution >= 0.6 is 0 Å². The normalized spacial score (nSPS) is 11.1. The Balaban J connectivity index is 2.82. The topological polar surface area (TPSA) is 43.4 Å². The van der Waals surface area contributed by atoms with Crippen LogP contribution in [-0.2, 0) is 20.7 Å². The lowest BCUT2D eigenvalue weighted by molar-refractivity contribution is -0.157. The fourth-order valence-corrected chi connectivity index (χ4v) is 1.46. The van der Waals surface area contributed by atoms with Crippen LogP contribution in [-0.4, -0.2) is 18.4 Å². The minimum absolute atomic E-state index is 0.113. The van der Waals surface area contributed by atoms with Crippen LogP contribution in [0.25, 0.3) is 0 Å². The van der Waals surface area contributed by atoms with Gasteiger partial charge in [-0.1, -0.05) is 18.2 Å². The number of carbonyl (C=O) groups excluding carboxylic acids is 2. The van der Waals surface area contributed by atoms with Crippen molar-refractivity contribution >= 4 is 11.8 Å². The molecule has 0 aliphatic heterocycles. The molecular weight excluding hydrogens is 235 g/mol. The number of ketones is 1. The number of hydrogen-bond acceptors (Lipinski definition) is 3. The van der Waals surface area contributed by atoms with E-state index in [2.05, 4.69) is 0 Å². The second kappa shape index (κ2) is 5.76. The van der Waals surface area contributed by atoms with Crippen LogP contribution in [0.5, 0.6) is 0 Å². The lowest BCUT2D eigenvalue weighted by atomic mass is 9.85. The van der Waals surface area contributed by atoms with Gasteiger partial charge in [-0.05, 0) is 32.4 Å². The molecule has 1 rings (SSSR count). The summed E-state index contributed by atoms with van der Waals surface area (Å²) in [4.78, 5) is 23.7. The lowest BCUT2D eigenvalue weighted by Crippen LogP contribution is -2.36. The van der Waals surface area contributed by atoms with E-state index < -0.39 is 17.2 Å². The number of halogens is 1. The Hall–Kier alpha value is -1.71. The van der Waals surface area contributed by atoms with E-state index in [0.717, 1.165) is 0 Å². The predicted molar refractivity (Wildman–Crippen MR) is 65.5 cm³/mol. The fraction of sp³-hybridized carbons (Fsp3) is 0.429. The van der Waals surface area contributed by atoms with E-state index in [1.165, 1.54) is 26.0 Å². The van der Waals surface area contributed by atoms with Crippen LogP contribution < -0.4 is 0 Å². The molecular formula is C14H17FO3. The van der Waals surface area contributed by atoms with Crippen molar-refractivity contribution in [2.75, 3.05) is 6.61 Å². The maximum absolute atomic E-state index is 13.4. The molecule has 0 atom stereocenters. The van der Waals surface area contributed by atoms with Gasteiger partial charge in [0.15, 0.2) is 5.78 Å². The number of ether oxygens (including phenoxy) is 1. The van der Waals surface area contributed by atoms with Gasteiger partial charge in [0, 0.05) is 6.42 Å². The molecule has 0 heterocycles. The van der Waals surface area contributed by atoms with Crippen molar-refractivity contribution in [3.05, 3.63) is 35.6 Å². The maximum atomic E-state index is 13.4. The summed E-state index contributed by atoms with van der Waals surface area (Å²) in [7, 11) is 0. The minimum Gasteiger partial charge on any atom is -0.465 e. The molecule has 0 aliphatic rings. The van der Waals surface area contributed by atoms with Gasteiger partial charge in [-0.2, -0.15) is 0 Å².